The van der Waals surface area contributed by atoms with E-state index in [1.807, 2.05) is 30.3 Å². The predicted octanol–water partition coefficient (Wildman–Crippen LogP) is 1.05. The maximum atomic E-state index is 10.7. The highest BCUT2D eigenvalue weighted by Gasteiger charge is 2.27. The number of benzene rings is 1. The lowest BCUT2D eigenvalue weighted by atomic mass is 10.1. The van der Waals surface area contributed by atoms with E-state index in [9.17, 15) is 4.79 Å². The average Bonchev–Trinajstić information content (AvgIpc) is 2.26. The van der Waals surface area contributed by atoms with Crippen molar-refractivity contribution in [3.63, 3.8) is 0 Å². The Bertz CT molecular complexity index is 335. The van der Waals surface area contributed by atoms with Gasteiger partial charge in [0.25, 0.3) is 0 Å². The molecule has 1 unspecified atom stereocenters. The molecule has 1 aromatic carbocycles. The molecule has 88 valence electrons. The first-order chi connectivity index (χ1) is 7.52. The van der Waals surface area contributed by atoms with Crippen LogP contribution in [0.2, 0.25) is 0 Å². The number of rotatable bonds is 6. The molecule has 4 nitrogen and oxygen atoms in total. The molecule has 16 heavy (non-hydrogen) atoms. The maximum absolute atomic E-state index is 10.7. The summed E-state index contributed by atoms with van der Waals surface area (Å²) < 4.78 is 5.26. The first-order valence-corrected chi connectivity index (χ1v) is 5.16. The van der Waals surface area contributed by atoms with Crippen LogP contribution in [0.4, 0.5) is 0 Å². The first-order valence-electron chi connectivity index (χ1n) is 5.16. The van der Waals surface area contributed by atoms with Gasteiger partial charge in [-0.15, -0.1) is 0 Å². The van der Waals surface area contributed by atoms with Crippen LogP contribution >= 0.6 is 0 Å². The van der Waals surface area contributed by atoms with Gasteiger partial charge in [0.15, 0.2) is 0 Å². The van der Waals surface area contributed by atoms with Crippen molar-refractivity contribution in [1.82, 2.24) is 0 Å². The van der Waals surface area contributed by atoms with Crippen LogP contribution in [0, 0.1) is 0 Å². The van der Waals surface area contributed by atoms with Crippen molar-refractivity contribution < 1.29 is 14.6 Å². The molecule has 0 heterocycles. The van der Waals surface area contributed by atoms with Crippen molar-refractivity contribution in [3.8, 4) is 0 Å². The molecule has 0 fully saturated rings. The van der Waals surface area contributed by atoms with Gasteiger partial charge in [0, 0.05) is 0 Å². The molecule has 0 spiro atoms. The summed E-state index contributed by atoms with van der Waals surface area (Å²) in [7, 11) is 0. The van der Waals surface area contributed by atoms with Gasteiger partial charge in [0.1, 0.15) is 5.54 Å². The zero-order chi connectivity index (χ0) is 12.0. The number of hydrogen-bond acceptors (Lipinski definition) is 3. The lowest BCUT2D eigenvalue weighted by Gasteiger charge is -2.18. The summed E-state index contributed by atoms with van der Waals surface area (Å²) >= 11 is 0. The van der Waals surface area contributed by atoms with Crippen molar-refractivity contribution in [2.24, 2.45) is 5.73 Å². The molecular weight excluding hydrogens is 206 g/mol. The van der Waals surface area contributed by atoms with Crippen LogP contribution in [0.15, 0.2) is 30.3 Å². The molecule has 0 saturated heterocycles. The van der Waals surface area contributed by atoms with E-state index in [1.54, 1.807) is 0 Å². The van der Waals surface area contributed by atoms with E-state index >= 15 is 0 Å². The van der Waals surface area contributed by atoms with E-state index in [1.165, 1.54) is 6.92 Å². The van der Waals surface area contributed by atoms with Crippen LogP contribution in [0.5, 0.6) is 0 Å². The van der Waals surface area contributed by atoms with Gasteiger partial charge in [-0.05, 0) is 18.9 Å². The summed E-state index contributed by atoms with van der Waals surface area (Å²) in [6.45, 7) is 1.94. The number of carboxylic acid groups (broad SMARTS) is 1. The summed E-state index contributed by atoms with van der Waals surface area (Å²) in [6, 6.07) is 9.87. The minimum Gasteiger partial charge on any atom is -0.480 e. The van der Waals surface area contributed by atoms with Gasteiger partial charge in [-0.2, -0.15) is 0 Å². The third-order valence-electron chi connectivity index (χ3n) is 2.27. The minimum atomic E-state index is -1.31. The Labute approximate surface area is 95.0 Å². The number of aliphatic carboxylic acids is 1. The van der Waals surface area contributed by atoms with Crippen LogP contribution in [-0.2, 0) is 16.0 Å². The van der Waals surface area contributed by atoms with Gasteiger partial charge < -0.3 is 15.6 Å². The highest BCUT2D eigenvalue weighted by Crippen LogP contribution is 2.03. The summed E-state index contributed by atoms with van der Waals surface area (Å²) in [4.78, 5) is 10.7. The molecule has 1 aromatic rings. The molecular formula is C12H17NO3. The highest BCUT2D eigenvalue weighted by atomic mass is 16.5. The Morgan fingerprint density at radius 2 is 2.06 bits per heavy atom. The van der Waals surface area contributed by atoms with Gasteiger partial charge in [-0.25, -0.2) is 0 Å². The number of carbonyl (C=O) groups is 1. The molecule has 0 radical (unpaired) electrons. The fourth-order valence-corrected chi connectivity index (χ4v) is 1.18. The smallest absolute Gasteiger partial charge is 0.325 e. The quantitative estimate of drug-likeness (QED) is 0.707. The van der Waals surface area contributed by atoms with Gasteiger partial charge >= 0.3 is 5.97 Å². The molecule has 1 rings (SSSR count). The van der Waals surface area contributed by atoms with E-state index in [0.29, 0.717) is 6.61 Å². The summed E-state index contributed by atoms with van der Waals surface area (Å²) in [5, 5.41) is 8.75. The molecule has 3 N–H and O–H groups in total. The van der Waals surface area contributed by atoms with Crippen molar-refractivity contribution in [2.75, 3.05) is 13.2 Å². The first kappa shape index (κ1) is 12.7. The van der Waals surface area contributed by atoms with E-state index in [-0.39, 0.29) is 6.61 Å². The molecule has 1 atom stereocenters. The standard InChI is InChI=1S/C12H17NO3/c1-12(13,11(14)15)9-16-8-7-10-5-3-2-4-6-10/h2-6H,7-9,13H2,1H3,(H,14,15). The molecule has 0 aliphatic carbocycles. The lowest BCUT2D eigenvalue weighted by Crippen LogP contribution is -2.49. The third-order valence-corrected chi connectivity index (χ3v) is 2.27. The van der Waals surface area contributed by atoms with Gasteiger partial charge in [-0.1, -0.05) is 30.3 Å². The summed E-state index contributed by atoms with van der Waals surface area (Å²) in [6.07, 6.45) is 0.760. The maximum Gasteiger partial charge on any atom is 0.325 e. The fraction of sp³-hybridized carbons (Fsp3) is 0.417. The molecule has 4 heteroatoms. The van der Waals surface area contributed by atoms with Crippen molar-refractivity contribution in [3.05, 3.63) is 35.9 Å². The highest BCUT2D eigenvalue weighted by molar-refractivity contribution is 5.77. The Hall–Kier alpha value is -1.39. The van der Waals surface area contributed by atoms with E-state index < -0.39 is 11.5 Å². The SMILES string of the molecule is CC(N)(COCCc1ccccc1)C(=O)O. The minimum absolute atomic E-state index is 0.0230. The Balaban J connectivity index is 2.25. The summed E-state index contributed by atoms with van der Waals surface area (Å²) in [5.41, 5.74) is 5.37. The largest absolute Gasteiger partial charge is 0.480 e. The zero-order valence-corrected chi connectivity index (χ0v) is 9.35. The summed E-state index contributed by atoms with van der Waals surface area (Å²) in [5.74, 6) is -1.05. The monoisotopic (exact) mass is 223 g/mol. The van der Waals surface area contributed by atoms with E-state index in [0.717, 1.165) is 12.0 Å². The Morgan fingerprint density at radius 3 is 2.62 bits per heavy atom. The van der Waals surface area contributed by atoms with E-state index in [2.05, 4.69) is 0 Å². The number of hydrogen-bond donors (Lipinski definition) is 2. The van der Waals surface area contributed by atoms with E-state index in [4.69, 9.17) is 15.6 Å². The normalized spacial score (nSPS) is 14.4. The van der Waals surface area contributed by atoms with Crippen LogP contribution in [0.1, 0.15) is 12.5 Å². The second kappa shape index (κ2) is 5.63. The lowest BCUT2D eigenvalue weighted by molar-refractivity contribution is -0.145. The number of carboxylic acids is 1. The van der Waals surface area contributed by atoms with Crippen LogP contribution in [-0.4, -0.2) is 29.8 Å². The Morgan fingerprint density at radius 1 is 1.44 bits per heavy atom. The van der Waals surface area contributed by atoms with Crippen molar-refractivity contribution in [1.29, 1.82) is 0 Å². The molecule has 0 aliphatic heterocycles. The van der Waals surface area contributed by atoms with Crippen molar-refractivity contribution >= 4 is 5.97 Å². The van der Waals surface area contributed by atoms with Crippen LogP contribution < -0.4 is 5.73 Å². The van der Waals surface area contributed by atoms with Crippen LogP contribution in [0.3, 0.4) is 0 Å². The zero-order valence-electron chi connectivity index (χ0n) is 9.35. The molecule has 0 saturated carbocycles. The molecule has 0 amide bonds. The predicted molar refractivity (Wildman–Crippen MR) is 61.2 cm³/mol. The Kier molecular flexibility index (Phi) is 4.46. The fourth-order valence-electron chi connectivity index (χ4n) is 1.18. The van der Waals surface area contributed by atoms with Gasteiger partial charge in [-0.3, -0.25) is 4.79 Å². The van der Waals surface area contributed by atoms with Crippen LogP contribution in [0.25, 0.3) is 0 Å². The number of ether oxygens (including phenoxy) is 1. The van der Waals surface area contributed by atoms with Gasteiger partial charge in [0.05, 0.1) is 13.2 Å². The third kappa shape index (κ3) is 4.00. The average molecular weight is 223 g/mol. The second-order valence-electron chi connectivity index (χ2n) is 4.01. The van der Waals surface area contributed by atoms with Gasteiger partial charge in [0.2, 0.25) is 0 Å². The molecule has 0 bridgehead atoms. The molecule has 0 aromatic heterocycles. The van der Waals surface area contributed by atoms with Crippen molar-refractivity contribution in [2.45, 2.75) is 18.9 Å². The second-order valence-corrected chi connectivity index (χ2v) is 4.01. The number of nitrogens with two attached hydrogens (primary N) is 1. The topological polar surface area (TPSA) is 72.5 Å². The molecule has 0 aliphatic rings.